The molecule has 0 aliphatic carbocycles. The van der Waals surface area contributed by atoms with Gasteiger partial charge in [-0.2, -0.15) is 28.0 Å². The highest BCUT2D eigenvalue weighted by Crippen LogP contribution is 2.27. The van der Waals surface area contributed by atoms with E-state index in [2.05, 4.69) is 15.1 Å². The summed E-state index contributed by atoms with van der Waals surface area (Å²) in [5.41, 5.74) is 3.37. The van der Waals surface area contributed by atoms with E-state index in [0.29, 0.717) is 25.2 Å². The molecule has 5 rings (SSSR count). The highest BCUT2D eigenvalue weighted by Gasteiger charge is 2.28. The Bertz CT molecular complexity index is 1450. The normalized spacial score (nSPS) is 13.6. The minimum atomic E-state index is -3.94. The van der Waals surface area contributed by atoms with Crippen molar-refractivity contribution >= 4 is 15.7 Å². The highest BCUT2D eigenvalue weighted by molar-refractivity contribution is 7.89. The second-order valence-corrected chi connectivity index (χ2v) is 9.16. The summed E-state index contributed by atoms with van der Waals surface area (Å²) in [4.78, 5) is 2.09. The largest absolute Gasteiger partial charge is 0.365 e. The number of aromatic nitrogens is 4. The lowest BCUT2D eigenvalue weighted by Gasteiger charge is -2.29. The van der Waals surface area contributed by atoms with E-state index in [9.17, 15) is 12.8 Å². The van der Waals surface area contributed by atoms with Crippen LogP contribution in [0.4, 0.5) is 10.1 Å². The van der Waals surface area contributed by atoms with Crippen LogP contribution >= 0.6 is 0 Å². The molecule has 0 saturated heterocycles. The van der Waals surface area contributed by atoms with Crippen LogP contribution in [0.3, 0.4) is 0 Å². The van der Waals surface area contributed by atoms with Crippen molar-refractivity contribution in [3.63, 3.8) is 0 Å². The van der Waals surface area contributed by atoms with E-state index in [1.165, 1.54) is 23.0 Å². The molecule has 160 valence electrons. The van der Waals surface area contributed by atoms with E-state index in [1.807, 2.05) is 30.3 Å². The van der Waals surface area contributed by atoms with Gasteiger partial charge in [0.1, 0.15) is 0 Å². The molecule has 2 aromatic heterocycles. The molecule has 3 heterocycles. The first-order valence-electron chi connectivity index (χ1n) is 9.83. The molecule has 4 aromatic rings. The van der Waals surface area contributed by atoms with Crippen LogP contribution in [0.25, 0.3) is 5.69 Å². The third-order valence-corrected chi connectivity index (χ3v) is 7.05. The van der Waals surface area contributed by atoms with Gasteiger partial charge in [-0.25, -0.2) is 9.07 Å². The lowest BCUT2D eigenvalue weighted by Crippen LogP contribution is -2.32. The molecule has 0 unspecified atom stereocenters. The quantitative estimate of drug-likeness (QED) is 0.476. The van der Waals surface area contributed by atoms with Crippen LogP contribution in [-0.2, 0) is 23.0 Å². The van der Waals surface area contributed by atoms with Gasteiger partial charge in [0.05, 0.1) is 53.0 Å². The summed E-state index contributed by atoms with van der Waals surface area (Å²) in [6.07, 6.45) is 4.68. The Hall–Kier alpha value is -3.97. The van der Waals surface area contributed by atoms with E-state index in [4.69, 9.17) is 5.26 Å². The number of halogens is 1. The fraction of sp³-hybridized carbons (Fsp3) is 0.136. The fourth-order valence-corrected chi connectivity index (χ4v) is 5.15. The van der Waals surface area contributed by atoms with Crippen molar-refractivity contribution in [2.24, 2.45) is 0 Å². The minimum absolute atomic E-state index is 0.0235. The van der Waals surface area contributed by atoms with Gasteiger partial charge in [-0.05, 0) is 54.4 Å². The Kier molecular flexibility index (Phi) is 4.75. The maximum Gasteiger partial charge on any atom is 0.283 e. The van der Waals surface area contributed by atoms with Gasteiger partial charge in [-0.15, -0.1) is 0 Å². The number of benzene rings is 2. The second-order valence-electron chi connectivity index (χ2n) is 7.40. The van der Waals surface area contributed by atoms with Gasteiger partial charge in [0.15, 0.2) is 5.82 Å². The van der Waals surface area contributed by atoms with Gasteiger partial charge in [-0.3, -0.25) is 0 Å². The van der Waals surface area contributed by atoms with Crippen molar-refractivity contribution < 1.29 is 12.8 Å². The smallest absolute Gasteiger partial charge is 0.283 e. The first kappa shape index (κ1) is 20.0. The number of nitriles is 1. The number of rotatable bonds is 4. The van der Waals surface area contributed by atoms with E-state index in [1.54, 1.807) is 18.3 Å². The molecular weight excluding hydrogens is 431 g/mol. The number of fused-ring (bicyclic) bond motifs is 1. The highest BCUT2D eigenvalue weighted by atomic mass is 32.2. The van der Waals surface area contributed by atoms with Crippen molar-refractivity contribution in [3.05, 3.63) is 89.8 Å². The van der Waals surface area contributed by atoms with Crippen molar-refractivity contribution in [2.75, 3.05) is 11.4 Å². The Balaban J connectivity index is 1.44. The Morgan fingerprint density at radius 3 is 2.53 bits per heavy atom. The third-order valence-electron chi connectivity index (χ3n) is 5.43. The monoisotopic (exact) mass is 448 g/mol. The molecular formula is C22H17FN6O2S. The summed E-state index contributed by atoms with van der Waals surface area (Å²) in [6, 6.07) is 15.3. The van der Waals surface area contributed by atoms with Crippen molar-refractivity contribution in [1.82, 2.24) is 19.0 Å². The van der Waals surface area contributed by atoms with Crippen molar-refractivity contribution in [3.8, 4) is 11.8 Å². The molecule has 0 atom stereocenters. The zero-order valence-electron chi connectivity index (χ0n) is 16.8. The summed E-state index contributed by atoms with van der Waals surface area (Å²) in [7, 11) is -3.94. The Morgan fingerprint density at radius 2 is 1.81 bits per heavy atom. The molecule has 0 fully saturated rings. The number of hydrogen-bond acceptors (Lipinski definition) is 6. The van der Waals surface area contributed by atoms with Gasteiger partial charge in [-0.1, -0.05) is 6.07 Å². The molecule has 0 spiro atoms. The topological polar surface area (TPSA) is 96.8 Å². The number of anilines is 1. The zero-order chi connectivity index (χ0) is 22.3. The summed E-state index contributed by atoms with van der Waals surface area (Å²) in [5, 5.41) is 17.2. The van der Waals surface area contributed by atoms with Gasteiger partial charge < -0.3 is 4.90 Å². The third kappa shape index (κ3) is 3.42. The lowest BCUT2D eigenvalue weighted by molar-refractivity contribution is 0.573. The number of hydrogen-bond donors (Lipinski definition) is 0. The predicted octanol–water partition coefficient (Wildman–Crippen LogP) is 2.88. The Morgan fingerprint density at radius 1 is 1.03 bits per heavy atom. The van der Waals surface area contributed by atoms with Gasteiger partial charge >= 0.3 is 0 Å². The predicted molar refractivity (Wildman–Crippen MR) is 114 cm³/mol. The summed E-state index contributed by atoms with van der Waals surface area (Å²) < 4.78 is 42.2. The average molecular weight is 448 g/mol. The van der Waals surface area contributed by atoms with E-state index in [-0.39, 0.29) is 10.5 Å². The molecule has 1 aliphatic rings. The van der Waals surface area contributed by atoms with Crippen molar-refractivity contribution in [1.29, 1.82) is 5.26 Å². The molecule has 0 N–H and O–H groups in total. The van der Waals surface area contributed by atoms with Crippen LogP contribution in [0.2, 0.25) is 0 Å². The molecule has 0 saturated carbocycles. The Labute approximate surface area is 183 Å². The molecule has 1 aliphatic heterocycles. The first-order chi connectivity index (χ1) is 15.5. The van der Waals surface area contributed by atoms with E-state index >= 15 is 0 Å². The minimum Gasteiger partial charge on any atom is -0.365 e. The standard InChI is InChI=1S/C22H17FN6O2S/c23-18-13-25-28(14-18)20-6-4-19(5-7-20)27-9-8-17-12-26-29(22(17)15-27)32(30,31)21-3-1-2-16(10-21)11-24/h1-7,10,12-14H,8-9,15H2. The molecule has 0 radical (unpaired) electrons. The molecule has 10 heteroatoms. The van der Waals surface area contributed by atoms with Crippen LogP contribution < -0.4 is 4.90 Å². The lowest BCUT2D eigenvalue weighted by atomic mass is 10.1. The van der Waals surface area contributed by atoms with Crippen molar-refractivity contribution in [2.45, 2.75) is 17.9 Å². The maximum atomic E-state index is 13.2. The first-order valence-corrected chi connectivity index (χ1v) is 11.3. The molecule has 32 heavy (non-hydrogen) atoms. The summed E-state index contributed by atoms with van der Waals surface area (Å²) in [5.74, 6) is -0.410. The molecule has 0 amide bonds. The van der Waals surface area contributed by atoms with E-state index in [0.717, 1.165) is 27.2 Å². The van der Waals surface area contributed by atoms with Crippen LogP contribution in [0.5, 0.6) is 0 Å². The SMILES string of the molecule is N#Cc1cccc(S(=O)(=O)n2ncc3c2CN(c2ccc(-n4cc(F)cn4)cc2)CC3)c1. The molecule has 2 aromatic carbocycles. The van der Waals surface area contributed by atoms with Gasteiger partial charge in [0, 0.05) is 12.2 Å². The average Bonchev–Trinajstić information content (AvgIpc) is 3.45. The van der Waals surface area contributed by atoms with Gasteiger partial charge in [0.25, 0.3) is 10.0 Å². The maximum absolute atomic E-state index is 13.2. The van der Waals surface area contributed by atoms with Crippen LogP contribution in [0, 0.1) is 17.1 Å². The summed E-state index contributed by atoms with van der Waals surface area (Å²) in [6.45, 7) is 1.07. The summed E-state index contributed by atoms with van der Waals surface area (Å²) >= 11 is 0. The molecule has 8 nitrogen and oxygen atoms in total. The number of nitrogens with zero attached hydrogens (tertiary/aromatic N) is 6. The van der Waals surface area contributed by atoms with E-state index < -0.39 is 15.8 Å². The fourth-order valence-electron chi connectivity index (χ4n) is 3.79. The molecule has 0 bridgehead atoms. The zero-order valence-corrected chi connectivity index (χ0v) is 17.6. The van der Waals surface area contributed by atoms with Crippen LogP contribution in [0.15, 0.2) is 72.0 Å². The van der Waals surface area contributed by atoms with Crippen LogP contribution in [-0.4, -0.2) is 33.9 Å². The van der Waals surface area contributed by atoms with Crippen LogP contribution in [0.1, 0.15) is 16.8 Å². The second kappa shape index (κ2) is 7.62. The van der Waals surface area contributed by atoms with Gasteiger partial charge in [0.2, 0.25) is 0 Å².